The van der Waals surface area contributed by atoms with Crippen molar-refractivity contribution in [1.82, 2.24) is 4.90 Å². The molecule has 3 rings (SSSR count). The van der Waals surface area contributed by atoms with E-state index in [1.54, 1.807) is 0 Å². The van der Waals surface area contributed by atoms with Crippen molar-refractivity contribution in [1.29, 1.82) is 0 Å². The lowest BCUT2D eigenvalue weighted by Crippen LogP contribution is -2.31. The number of aryl methyl sites for hydroxylation is 2. The number of halogens is 2. The van der Waals surface area contributed by atoms with Gasteiger partial charge in [0.05, 0.1) is 6.10 Å². The molecular weight excluding hydrogens is 368 g/mol. The van der Waals surface area contributed by atoms with Crippen LogP contribution in [0.2, 0.25) is 0 Å². The molecule has 0 spiro atoms. The topological polar surface area (TPSA) is 12.5 Å². The van der Waals surface area contributed by atoms with E-state index >= 15 is 0 Å². The van der Waals surface area contributed by atoms with Crippen LogP contribution in [0.15, 0.2) is 36.4 Å². The Kier molecular flexibility index (Phi) is 8.19. The Morgan fingerprint density at radius 1 is 0.897 bits per heavy atom. The van der Waals surface area contributed by atoms with Crippen LogP contribution in [0.1, 0.15) is 60.5 Å². The predicted octanol–water partition coefficient (Wildman–Crippen LogP) is 6.15. The third-order valence-electron chi connectivity index (χ3n) is 5.94. The van der Waals surface area contributed by atoms with Gasteiger partial charge in [-0.05, 0) is 81.4 Å². The maximum absolute atomic E-state index is 13.9. The van der Waals surface area contributed by atoms with E-state index in [-0.39, 0.29) is 11.7 Å². The molecule has 1 aliphatic rings. The van der Waals surface area contributed by atoms with Crippen molar-refractivity contribution in [3.8, 4) is 0 Å². The van der Waals surface area contributed by atoms with Gasteiger partial charge in [0.2, 0.25) is 0 Å². The summed E-state index contributed by atoms with van der Waals surface area (Å²) in [6.07, 6.45) is 6.03. The predicted molar refractivity (Wildman–Crippen MR) is 114 cm³/mol. The molecule has 0 aromatic heterocycles. The van der Waals surface area contributed by atoms with Crippen molar-refractivity contribution < 1.29 is 13.5 Å². The number of hydrogen-bond acceptors (Lipinski definition) is 2. The Balaban J connectivity index is 1.66. The normalized spacial score (nSPS) is 16.6. The molecule has 1 atom stereocenters. The van der Waals surface area contributed by atoms with Gasteiger partial charge < -0.3 is 9.64 Å². The van der Waals surface area contributed by atoms with Gasteiger partial charge >= 0.3 is 0 Å². The van der Waals surface area contributed by atoms with E-state index in [4.69, 9.17) is 4.74 Å². The average Bonchev–Trinajstić information content (AvgIpc) is 2.95. The summed E-state index contributed by atoms with van der Waals surface area (Å²) in [6.45, 7) is 7.86. The summed E-state index contributed by atoms with van der Waals surface area (Å²) in [5.74, 6) is -0.943. The lowest BCUT2D eigenvalue weighted by Gasteiger charge is -2.29. The highest BCUT2D eigenvalue weighted by Gasteiger charge is 2.21. The van der Waals surface area contributed by atoms with Crippen LogP contribution in [-0.4, -0.2) is 31.1 Å². The smallest absolute Gasteiger partial charge is 0.129 e. The van der Waals surface area contributed by atoms with Gasteiger partial charge in [-0.2, -0.15) is 0 Å². The van der Waals surface area contributed by atoms with Crippen molar-refractivity contribution >= 4 is 0 Å². The van der Waals surface area contributed by atoms with E-state index in [1.807, 2.05) is 0 Å². The molecule has 2 aromatic rings. The molecule has 1 aliphatic heterocycles. The van der Waals surface area contributed by atoms with Gasteiger partial charge in [0.25, 0.3) is 0 Å². The fourth-order valence-electron chi connectivity index (χ4n) is 4.36. The molecule has 4 heteroatoms. The highest BCUT2D eigenvalue weighted by molar-refractivity contribution is 5.35. The van der Waals surface area contributed by atoms with Gasteiger partial charge in [-0.3, -0.25) is 0 Å². The van der Waals surface area contributed by atoms with Gasteiger partial charge in [0, 0.05) is 18.7 Å². The minimum atomic E-state index is -0.471. The third kappa shape index (κ3) is 6.10. The van der Waals surface area contributed by atoms with Crippen LogP contribution in [0.3, 0.4) is 0 Å². The molecule has 0 amide bonds. The highest BCUT2D eigenvalue weighted by Crippen LogP contribution is 2.27. The van der Waals surface area contributed by atoms with E-state index < -0.39 is 11.6 Å². The first-order valence-corrected chi connectivity index (χ1v) is 10.9. The first-order chi connectivity index (χ1) is 14.1. The number of likely N-dealkylation sites (tertiary alicyclic amines) is 1. The molecule has 1 unspecified atom stereocenters. The average molecular weight is 402 g/mol. The summed E-state index contributed by atoms with van der Waals surface area (Å²) in [5, 5.41) is 0. The largest absolute Gasteiger partial charge is 0.372 e. The molecule has 158 valence electrons. The number of nitrogens with zero attached hydrogens (tertiary/aromatic N) is 1. The molecule has 2 nitrogen and oxygen atoms in total. The van der Waals surface area contributed by atoms with Gasteiger partial charge in [0.1, 0.15) is 11.6 Å². The minimum Gasteiger partial charge on any atom is -0.372 e. The fraction of sp³-hybridized carbons (Fsp3) is 0.520. The lowest BCUT2D eigenvalue weighted by molar-refractivity contribution is 0.0234. The monoisotopic (exact) mass is 401 g/mol. The van der Waals surface area contributed by atoms with Gasteiger partial charge in [0.15, 0.2) is 0 Å². The summed E-state index contributed by atoms with van der Waals surface area (Å²) in [5.41, 5.74) is 3.90. The zero-order chi connectivity index (χ0) is 20.6. The highest BCUT2D eigenvalue weighted by atomic mass is 19.1. The second-order valence-corrected chi connectivity index (χ2v) is 8.18. The van der Waals surface area contributed by atoms with E-state index in [0.717, 1.165) is 19.6 Å². The molecule has 0 radical (unpaired) electrons. The first-order valence-electron chi connectivity index (χ1n) is 10.9. The molecule has 0 saturated carbocycles. The van der Waals surface area contributed by atoms with Crippen molar-refractivity contribution in [2.75, 3.05) is 26.2 Å². The van der Waals surface area contributed by atoms with Gasteiger partial charge in [-0.25, -0.2) is 8.78 Å². The summed E-state index contributed by atoms with van der Waals surface area (Å²) in [7, 11) is 0. The fourth-order valence-corrected chi connectivity index (χ4v) is 4.36. The minimum absolute atomic E-state index is 0.0141. The van der Waals surface area contributed by atoms with Crippen LogP contribution < -0.4 is 0 Å². The summed E-state index contributed by atoms with van der Waals surface area (Å²) in [4.78, 5) is 2.51. The van der Waals surface area contributed by atoms with Gasteiger partial charge in [-0.15, -0.1) is 0 Å². The second-order valence-electron chi connectivity index (χ2n) is 8.18. The third-order valence-corrected chi connectivity index (χ3v) is 5.94. The van der Waals surface area contributed by atoms with Crippen LogP contribution in [-0.2, 0) is 11.2 Å². The van der Waals surface area contributed by atoms with E-state index in [9.17, 15) is 8.78 Å². The Morgan fingerprint density at radius 3 is 2.10 bits per heavy atom. The molecule has 29 heavy (non-hydrogen) atoms. The summed E-state index contributed by atoms with van der Waals surface area (Å²) >= 11 is 0. The van der Waals surface area contributed by atoms with Crippen molar-refractivity contribution in [2.45, 2.75) is 58.5 Å². The molecule has 1 fully saturated rings. The maximum Gasteiger partial charge on any atom is 0.129 e. The van der Waals surface area contributed by atoms with Crippen LogP contribution in [0.25, 0.3) is 0 Å². The molecule has 0 bridgehead atoms. The Morgan fingerprint density at radius 2 is 1.48 bits per heavy atom. The van der Waals surface area contributed by atoms with Crippen LogP contribution in [0.5, 0.6) is 0 Å². The molecule has 1 heterocycles. The van der Waals surface area contributed by atoms with E-state index in [1.165, 1.54) is 60.6 Å². The zero-order valence-electron chi connectivity index (χ0n) is 17.7. The number of benzene rings is 2. The van der Waals surface area contributed by atoms with Gasteiger partial charge in [-0.1, -0.05) is 37.1 Å². The van der Waals surface area contributed by atoms with Crippen LogP contribution in [0.4, 0.5) is 8.78 Å². The molecule has 0 N–H and O–H groups in total. The van der Waals surface area contributed by atoms with Crippen molar-refractivity contribution in [3.05, 3.63) is 70.3 Å². The van der Waals surface area contributed by atoms with Crippen molar-refractivity contribution in [3.63, 3.8) is 0 Å². The van der Waals surface area contributed by atoms with Crippen LogP contribution >= 0.6 is 0 Å². The maximum atomic E-state index is 13.9. The standard InChI is InChI=1S/C25H33F2NO/c1-19-10-7-11-20(2)25(19)24(18-28-15-5-3-4-6-16-28)29-17-9-12-21-22(26)13-8-14-23(21)27/h7-8,10-11,13-14,24H,3-6,9,12,15-18H2,1-2H3. The van der Waals surface area contributed by atoms with E-state index in [2.05, 4.69) is 36.9 Å². The van der Waals surface area contributed by atoms with E-state index in [0.29, 0.717) is 19.4 Å². The molecule has 2 aromatic carbocycles. The second kappa shape index (κ2) is 10.8. The molecule has 0 aliphatic carbocycles. The van der Waals surface area contributed by atoms with Crippen LogP contribution in [0, 0.1) is 25.5 Å². The quantitative estimate of drug-likeness (QED) is 0.492. The Labute approximate surface area is 173 Å². The number of ether oxygens (including phenoxy) is 1. The Hall–Kier alpha value is -1.78. The number of hydrogen-bond donors (Lipinski definition) is 0. The summed E-state index contributed by atoms with van der Waals surface area (Å²) in [6, 6.07) is 10.4. The molecule has 1 saturated heterocycles. The number of rotatable bonds is 8. The Bertz CT molecular complexity index is 744. The zero-order valence-corrected chi connectivity index (χ0v) is 17.7. The first kappa shape index (κ1) is 21.9. The van der Waals surface area contributed by atoms with Crippen molar-refractivity contribution in [2.24, 2.45) is 0 Å². The summed E-state index contributed by atoms with van der Waals surface area (Å²) < 4.78 is 34.1. The molecular formula is C25H33F2NO. The lowest BCUT2D eigenvalue weighted by atomic mass is 9.97. The SMILES string of the molecule is Cc1cccc(C)c1C(CN1CCCCCC1)OCCCc1c(F)cccc1F.